The maximum Gasteiger partial charge on any atom is 0.472 e. The van der Waals surface area contributed by atoms with Gasteiger partial charge in [0.2, 0.25) is 0 Å². The molecule has 0 saturated heterocycles. The molecule has 16 nitrogen and oxygen atoms in total. The number of hydrogen-bond donors (Lipinski definition) is 4. The van der Waals surface area contributed by atoms with Gasteiger partial charge in [-0.1, -0.05) is 259 Å². The van der Waals surface area contributed by atoms with Gasteiger partial charge in [-0.05, 0) is 167 Å². The number of phosphoric acid groups is 2. The zero-order valence-electron chi connectivity index (χ0n) is 61.7. The van der Waals surface area contributed by atoms with Crippen LogP contribution in [0, 0.1) is 0 Å². The van der Waals surface area contributed by atoms with Gasteiger partial charge in [-0.2, -0.15) is 0 Å². The Morgan fingerprint density at radius 3 is 0.782 bits per heavy atom. The zero-order valence-corrected chi connectivity index (χ0v) is 63.5. The van der Waals surface area contributed by atoms with Crippen molar-refractivity contribution in [3.05, 3.63) is 207 Å². The molecule has 4 N–H and O–H groups in total. The molecule has 0 amide bonds. The summed E-state index contributed by atoms with van der Waals surface area (Å²) in [6, 6.07) is 0. The van der Waals surface area contributed by atoms with Gasteiger partial charge in [0, 0.05) is 19.3 Å². The zero-order chi connectivity index (χ0) is 73.7. The second kappa shape index (κ2) is 73.9. The van der Waals surface area contributed by atoms with E-state index in [1.54, 1.807) is 0 Å². The summed E-state index contributed by atoms with van der Waals surface area (Å²) in [5.74, 6) is -1.69. The van der Waals surface area contributed by atoms with E-state index in [9.17, 15) is 43.5 Å². The summed E-state index contributed by atoms with van der Waals surface area (Å²) in [4.78, 5) is 58.6. The first kappa shape index (κ1) is 95.1. The summed E-state index contributed by atoms with van der Waals surface area (Å²) in [5, 5.41) is 20.6. The van der Waals surface area contributed by atoms with E-state index in [1.807, 2.05) is 0 Å². The van der Waals surface area contributed by atoms with Crippen LogP contribution in [0.4, 0.5) is 0 Å². The molecule has 18 heteroatoms. The molecule has 0 saturated carbocycles. The molecule has 0 spiro atoms. The van der Waals surface area contributed by atoms with E-state index in [0.29, 0.717) is 19.3 Å². The van der Waals surface area contributed by atoms with E-state index < -0.39 is 91.5 Å². The molecule has 0 aromatic heterocycles. The van der Waals surface area contributed by atoms with Crippen LogP contribution in [0.5, 0.6) is 0 Å². The number of hydrogen-bond acceptors (Lipinski definition) is 14. The predicted molar refractivity (Wildman–Crippen MR) is 417 cm³/mol. The van der Waals surface area contributed by atoms with Gasteiger partial charge >= 0.3 is 33.6 Å². The number of carbonyl (C=O) groups excluding carboxylic acids is 3. The lowest BCUT2D eigenvalue weighted by Gasteiger charge is -2.21. The van der Waals surface area contributed by atoms with Crippen molar-refractivity contribution in [1.29, 1.82) is 0 Å². The van der Waals surface area contributed by atoms with Gasteiger partial charge in [-0.3, -0.25) is 32.5 Å². The van der Waals surface area contributed by atoms with Crippen molar-refractivity contribution >= 4 is 33.6 Å². The Balaban J connectivity index is 4.82. The van der Waals surface area contributed by atoms with E-state index >= 15 is 0 Å². The summed E-state index contributed by atoms with van der Waals surface area (Å²) < 4.78 is 61.0. The molecular formula is C83H130O16P2. The minimum absolute atomic E-state index is 0.0487. The van der Waals surface area contributed by atoms with E-state index in [2.05, 4.69) is 227 Å². The van der Waals surface area contributed by atoms with Crippen molar-refractivity contribution < 1.29 is 75.8 Å². The molecular weight excluding hydrogens is 1310 g/mol. The molecule has 0 aromatic carbocycles. The maximum atomic E-state index is 13.0. The minimum atomic E-state index is -4.96. The lowest BCUT2D eigenvalue weighted by molar-refractivity contribution is -0.161. The second-order valence-electron chi connectivity index (χ2n) is 23.9. The second-order valence-corrected chi connectivity index (χ2v) is 26.9. The Morgan fingerprint density at radius 1 is 0.277 bits per heavy atom. The number of unbranched alkanes of at least 4 members (excludes halogenated alkanes) is 11. The quantitative estimate of drug-likeness (QED) is 0.0146. The fourth-order valence-electron chi connectivity index (χ4n) is 8.90. The Bertz CT molecular complexity index is 2660. The van der Waals surface area contributed by atoms with Crippen LogP contribution in [0.1, 0.15) is 239 Å². The van der Waals surface area contributed by atoms with E-state index in [4.69, 9.17) is 32.3 Å². The molecule has 0 aliphatic heterocycles. The smallest absolute Gasteiger partial charge is 0.463 e. The van der Waals surface area contributed by atoms with Crippen LogP contribution in [0.25, 0.3) is 0 Å². The van der Waals surface area contributed by atoms with Gasteiger partial charge in [-0.25, -0.2) is 9.13 Å². The van der Waals surface area contributed by atoms with E-state index in [1.165, 1.54) is 0 Å². The summed E-state index contributed by atoms with van der Waals surface area (Å²) in [6.07, 6.45) is 97.2. The van der Waals surface area contributed by atoms with Crippen molar-refractivity contribution in [3.63, 3.8) is 0 Å². The highest BCUT2D eigenvalue weighted by atomic mass is 31.2. The summed E-state index contributed by atoms with van der Waals surface area (Å²) in [6.45, 7) is 2.19. The van der Waals surface area contributed by atoms with Crippen LogP contribution in [0.3, 0.4) is 0 Å². The van der Waals surface area contributed by atoms with Gasteiger partial charge in [0.05, 0.1) is 26.4 Å². The van der Waals surface area contributed by atoms with E-state index in [0.717, 1.165) is 180 Å². The van der Waals surface area contributed by atoms with Crippen LogP contribution in [-0.4, -0.2) is 95.9 Å². The molecule has 0 radical (unpaired) electrons. The first-order valence-electron chi connectivity index (χ1n) is 37.4. The molecule has 0 aliphatic rings. The van der Waals surface area contributed by atoms with Crippen molar-refractivity contribution in [2.24, 2.45) is 0 Å². The molecule has 0 bridgehead atoms. The average molecular weight is 1450 g/mol. The van der Waals surface area contributed by atoms with E-state index in [-0.39, 0.29) is 19.3 Å². The molecule has 0 aromatic rings. The molecule has 0 rings (SSSR count). The standard InChI is InChI=1S/C83H130O16P2/c1-4-7-10-13-16-19-22-25-28-31-34-36-38-40-43-45-48-51-54-57-60-63-66-69-81(86)93-72-78(84)73-95-100(89,90)96-74-79(85)75-97-101(91,92)98-77-80(99-83(88)71-68-65-62-59-56-53-50-47-42-33-30-27-24-21-18-15-12-9-6-3)76-94-82(87)70-67-64-61-58-55-52-49-46-44-41-39-37-35-32-29-26-23-20-17-14-11-8-5-2/h7-12,16-21,25-30,34-37,40-44,47-49,51-53,56,78-80,84-85H,4-6,13-15,22-24,31-33,38-39,45-46,50,54-55,57-77H2,1-3H3,(H,89,90)(H,91,92)/b10-7-,11-8-,12-9-,19-16-,20-17-,21-18-,28-25-,29-26-,30-27-,36-34-,37-35-,43-40-,44-41-,47-42-,51-48-,52-49-,56-53-. The molecule has 101 heavy (non-hydrogen) atoms. The number of carbonyl (C=O) groups is 3. The number of phosphoric ester groups is 2. The topological polar surface area (TPSA) is 231 Å². The SMILES string of the molecule is CC/C=C\C/C=C\C/C=C\C/C=C\C/C=C\C/C=C\CCCCCCC(=O)OCC(O)COP(=O)(O)OCC(O)COP(=O)(O)OCC(COC(=O)CCCCCC/C=C\C/C=C\C/C=C\C/C=C\C/C=C\C/C=C\CC)OC(=O)CCCCC/C=C\C/C=C\C/C=C\C/C=C\C/C=C\CC. The first-order chi connectivity index (χ1) is 49.2. The summed E-state index contributed by atoms with van der Waals surface area (Å²) in [5.41, 5.74) is 0. The number of ether oxygens (including phenoxy) is 3. The van der Waals surface area contributed by atoms with Crippen LogP contribution in [0.15, 0.2) is 207 Å². The number of aliphatic hydroxyl groups excluding tert-OH is 2. The van der Waals surface area contributed by atoms with Crippen LogP contribution >= 0.6 is 15.6 Å². The number of aliphatic hydroxyl groups is 2. The van der Waals surface area contributed by atoms with Crippen molar-refractivity contribution in [2.45, 2.75) is 257 Å². The van der Waals surface area contributed by atoms with Crippen LogP contribution in [0.2, 0.25) is 0 Å². The fourth-order valence-corrected chi connectivity index (χ4v) is 10.5. The Kier molecular flexibility index (Phi) is 69.6. The molecule has 0 aliphatic carbocycles. The molecule has 568 valence electrons. The number of esters is 3. The van der Waals surface area contributed by atoms with Crippen LogP contribution in [-0.2, 0) is 55.8 Å². The van der Waals surface area contributed by atoms with Gasteiger partial charge in [0.1, 0.15) is 25.4 Å². The number of allylic oxidation sites excluding steroid dienone is 34. The Labute approximate surface area is 609 Å². The molecule has 5 unspecified atom stereocenters. The summed E-state index contributed by atoms with van der Waals surface area (Å²) >= 11 is 0. The molecule has 5 atom stereocenters. The monoisotopic (exact) mass is 1440 g/mol. The lowest BCUT2D eigenvalue weighted by atomic mass is 10.1. The third-order valence-electron chi connectivity index (χ3n) is 14.5. The third kappa shape index (κ3) is 75.1. The number of rotatable bonds is 68. The highest BCUT2D eigenvalue weighted by Crippen LogP contribution is 2.45. The molecule has 0 heterocycles. The van der Waals surface area contributed by atoms with Gasteiger partial charge in [0.25, 0.3) is 0 Å². The normalized spacial score (nSPS) is 15.2. The van der Waals surface area contributed by atoms with Gasteiger partial charge in [0.15, 0.2) is 6.10 Å². The third-order valence-corrected chi connectivity index (χ3v) is 16.4. The fraction of sp³-hybridized carbons (Fsp3) is 0.554. The highest BCUT2D eigenvalue weighted by Gasteiger charge is 2.29. The minimum Gasteiger partial charge on any atom is -0.463 e. The lowest BCUT2D eigenvalue weighted by Crippen LogP contribution is -2.30. The van der Waals surface area contributed by atoms with Crippen molar-refractivity contribution in [3.8, 4) is 0 Å². The van der Waals surface area contributed by atoms with Crippen LogP contribution < -0.4 is 0 Å². The average Bonchev–Trinajstić information content (AvgIpc) is 1.05. The maximum absolute atomic E-state index is 13.0. The van der Waals surface area contributed by atoms with Crippen molar-refractivity contribution in [1.82, 2.24) is 0 Å². The van der Waals surface area contributed by atoms with Gasteiger partial charge in [-0.15, -0.1) is 0 Å². The highest BCUT2D eigenvalue weighted by molar-refractivity contribution is 7.47. The molecule has 0 fully saturated rings. The van der Waals surface area contributed by atoms with Gasteiger partial charge < -0.3 is 34.2 Å². The predicted octanol–water partition coefficient (Wildman–Crippen LogP) is 21.8. The first-order valence-corrected chi connectivity index (χ1v) is 40.4. The van der Waals surface area contributed by atoms with Crippen molar-refractivity contribution in [2.75, 3.05) is 39.6 Å². The summed E-state index contributed by atoms with van der Waals surface area (Å²) in [7, 11) is -9.84. The largest absolute Gasteiger partial charge is 0.472 e. The Morgan fingerprint density at radius 2 is 0.495 bits per heavy atom. The Hall–Kier alpha value is -5.87.